The number of hydrogen-bond donors (Lipinski definition) is 0. The van der Waals surface area contributed by atoms with Crippen molar-refractivity contribution < 1.29 is 4.42 Å². The average molecular weight is 845 g/mol. The summed E-state index contributed by atoms with van der Waals surface area (Å²) in [6.45, 7) is 4.69. The van der Waals surface area contributed by atoms with Gasteiger partial charge in [0, 0.05) is 43.9 Å². The maximum atomic E-state index is 6.69. The third-order valence-corrected chi connectivity index (χ3v) is 14.0. The summed E-state index contributed by atoms with van der Waals surface area (Å²) in [5.41, 5.74) is 20.7. The zero-order valence-corrected chi connectivity index (χ0v) is 36.7. The van der Waals surface area contributed by atoms with Crippen molar-refractivity contribution in [1.82, 2.24) is 4.57 Å². The Balaban J connectivity index is 0.888. The standard InChI is InChI=1S/C63H44N2O/c1-63(2)55-22-10-6-18-49(55)50-38-36-47(40-56(50)63)64(59-25-14-21-54-53-20-9-13-26-61(53)66-62(54)59)46-34-31-43(32-35-46)42-27-29-44(30-28-42)48-17-7-11-23-57(48)65-58-24-12-8-19-51(58)52-37-33-45(39-60(52)65)41-15-4-3-5-16-41/h3-40H,1-2H3. The lowest BCUT2D eigenvalue weighted by atomic mass is 9.82. The van der Waals surface area contributed by atoms with E-state index in [-0.39, 0.29) is 5.41 Å². The van der Waals surface area contributed by atoms with Crippen LogP contribution in [0.15, 0.2) is 235 Å². The molecule has 0 aliphatic heterocycles. The number of furan rings is 1. The van der Waals surface area contributed by atoms with Gasteiger partial charge in [0.15, 0.2) is 5.58 Å². The summed E-state index contributed by atoms with van der Waals surface area (Å²) in [5.74, 6) is 0. The van der Waals surface area contributed by atoms with Crippen LogP contribution in [-0.2, 0) is 5.41 Å². The van der Waals surface area contributed by atoms with E-state index in [1.54, 1.807) is 0 Å². The van der Waals surface area contributed by atoms with Gasteiger partial charge in [0.25, 0.3) is 0 Å². The first-order valence-corrected chi connectivity index (χ1v) is 22.8. The van der Waals surface area contributed by atoms with E-state index in [2.05, 4.69) is 248 Å². The number of hydrogen-bond acceptors (Lipinski definition) is 2. The van der Waals surface area contributed by atoms with E-state index >= 15 is 0 Å². The summed E-state index contributed by atoms with van der Waals surface area (Å²) in [6, 6.07) is 83.8. The highest BCUT2D eigenvalue weighted by molar-refractivity contribution is 6.12. The van der Waals surface area contributed by atoms with Crippen LogP contribution in [0.2, 0.25) is 0 Å². The van der Waals surface area contributed by atoms with Gasteiger partial charge in [0.2, 0.25) is 0 Å². The molecule has 2 aromatic heterocycles. The van der Waals surface area contributed by atoms with Crippen LogP contribution < -0.4 is 4.90 Å². The summed E-state index contributed by atoms with van der Waals surface area (Å²) in [4.78, 5) is 2.37. The highest BCUT2D eigenvalue weighted by Crippen LogP contribution is 2.51. The Morgan fingerprint density at radius 3 is 1.80 bits per heavy atom. The number of nitrogens with zero attached hydrogens (tertiary/aromatic N) is 2. The first kappa shape index (κ1) is 38.1. The summed E-state index contributed by atoms with van der Waals surface area (Å²) in [5, 5.41) is 4.72. The monoisotopic (exact) mass is 844 g/mol. The van der Waals surface area contributed by atoms with Crippen molar-refractivity contribution in [2.75, 3.05) is 4.90 Å². The van der Waals surface area contributed by atoms with Gasteiger partial charge in [-0.15, -0.1) is 0 Å². The van der Waals surface area contributed by atoms with Gasteiger partial charge in [0.1, 0.15) is 5.58 Å². The Kier molecular flexibility index (Phi) is 8.56. The zero-order valence-electron chi connectivity index (χ0n) is 36.7. The molecule has 0 N–H and O–H groups in total. The van der Waals surface area contributed by atoms with E-state index in [1.807, 2.05) is 6.07 Å². The normalized spacial score (nSPS) is 12.8. The van der Waals surface area contributed by atoms with E-state index < -0.39 is 0 Å². The largest absolute Gasteiger partial charge is 0.454 e. The van der Waals surface area contributed by atoms with E-state index in [0.29, 0.717) is 0 Å². The second-order valence-electron chi connectivity index (χ2n) is 18.1. The second kappa shape index (κ2) is 14.8. The molecular formula is C63H44N2O. The van der Waals surface area contributed by atoms with Gasteiger partial charge in [-0.2, -0.15) is 0 Å². The van der Waals surface area contributed by atoms with Crippen molar-refractivity contribution >= 4 is 60.8 Å². The fourth-order valence-electron chi connectivity index (χ4n) is 10.8. The third kappa shape index (κ3) is 5.90. The first-order chi connectivity index (χ1) is 32.5. The maximum absolute atomic E-state index is 6.69. The smallest absolute Gasteiger partial charge is 0.159 e. The molecule has 312 valence electrons. The third-order valence-electron chi connectivity index (χ3n) is 14.0. The lowest BCUT2D eigenvalue weighted by Crippen LogP contribution is -2.16. The van der Waals surface area contributed by atoms with Gasteiger partial charge in [-0.25, -0.2) is 0 Å². The van der Waals surface area contributed by atoms with Crippen molar-refractivity contribution in [3.8, 4) is 50.2 Å². The number of fused-ring (bicyclic) bond motifs is 9. The first-order valence-electron chi connectivity index (χ1n) is 22.8. The summed E-state index contributed by atoms with van der Waals surface area (Å²) >= 11 is 0. The molecule has 1 aliphatic rings. The molecule has 0 bridgehead atoms. The highest BCUT2D eigenvalue weighted by Gasteiger charge is 2.36. The van der Waals surface area contributed by atoms with Crippen molar-refractivity contribution in [3.63, 3.8) is 0 Å². The molecule has 2 heterocycles. The van der Waals surface area contributed by atoms with Gasteiger partial charge in [-0.3, -0.25) is 0 Å². The Labute approximate surface area is 384 Å². The summed E-state index contributed by atoms with van der Waals surface area (Å²) in [6.07, 6.45) is 0. The van der Waals surface area contributed by atoms with Gasteiger partial charge in [0.05, 0.1) is 22.4 Å². The van der Waals surface area contributed by atoms with Gasteiger partial charge in [-0.1, -0.05) is 190 Å². The average Bonchev–Trinajstić information content (AvgIpc) is 4.00. The highest BCUT2D eigenvalue weighted by atomic mass is 16.3. The molecule has 13 rings (SSSR count). The van der Waals surface area contributed by atoms with Crippen molar-refractivity contribution in [1.29, 1.82) is 0 Å². The van der Waals surface area contributed by atoms with Crippen molar-refractivity contribution in [2.45, 2.75) is 19.3 Å². The minimum atomic E-state index is -0.134. The Morgan fingerprint density at radius 2 is 0.970 bits per heavy atom. The quantitative estimate of drug-likeness (QED) is 0.159. The van der Waals surface area contributed by atoms with Crippen molar-refractivity contribution in [2.24, 2.45) is 0 Å². The van der Waals surface area contributed by atoms with E-state index in [1.165, 1.54) is 66.3 Å². The van der Waals surface area contributed by atoms with Crippen LogP contribution in [0.1, 0.15) is 25.0 Å². The molecule has 0 amide bonds. The molecule has 3 nitrogen and oxygen atoms in total. The molecular weight excluding hydrogens is 801 g/mol. The Hall–Kier alpha value is -8.40. The van der Waals surface area contributed by atoms with Crippen LogP contribution in [0.5, 0.6) is 0 Å². The predicted molar refractivity (Wildman–Crippen MR) is 277 cm³/mol. The SMILES string of the molecule is CC1(C)c2ccccc2-c2ccc(N(c3ccc(-c4ccc(-c5ccccc5-n5c6ccccc6c6ccc(-c7ccccc7)cc65)cc4)cc3)c3cccc4c3oc3ccccc34)cc21. The summed E-state index contributed by atoms with van der Waals surface area (Å²) in [7, 11) is 0. The molecule has 0 unspecified atom stereocenters. The molecule has 0 radical (unpaired) electrons. The number of aromatic nitrogens is 1. The van der Waals surface area contributed by atoms with Crippen LogP contribution in [0.3, 0.4) is 0 Å². The van der Waals surface area contributed by atoms with Crippen molar-refractivity contribution in [3.05, 3.63) is 242 Å². The van der Waals surface area contributed by atoms with Crippen LogP contribution in [0.4, 0.5) is 17.1 Å². The van der Waals surface area contributed by atoms with Crippen LogP contribution in [0, 0.1) is 0 Å². The molecule has 66 heavy (non-hydrogen) atoms. The molecule has 0 atom stereocenters. The van der Waals surface area contributed by atoms with E-state index in [4.69, 9.17) is 4.42 Å². The molecule has 0 fully saturated rings. The van der Waals surface area contributed by atoms with Gasteiger partial charge in [-0.05, 0) is 105 Å². The molecule has 1 aliphatic carbocycles. The fraction of sp³-hybridized carbons (Fsp3) is 0.0476. The minimum absolute atomic E-state index is 0.134. The van der Waals surface area contributed by atoms with Crippen LogP contribution in [0.25, 0.3) is 93.9 Å². The molecule has 12 aromatic rings. The maximum Gasteiger partial charge on any atom is 0.159 e. The lowest BCUT2D eigenvalue weighted by molar-refractivity contribution is 0.660. The van der Waals surface area contributed by atoms with Crippen LogP contribution in [-0.4, -0.2) is 4.57 Å². The molecule has 3 heteroatoms. The van der Waals surface area contributed by atoms with Gasteiger partial charge >= 0.3 is 0 Å². The lowest BCUT2D eigenvalue weighted by Gasteiger charge is -2.28. The number of anilines is 3. The number of benzene rings is 10. The van der Waals surface area contributed by atoms with E-state index in [0.717, 1.165) is 55.8 Å². The number of para-hydroxylation sites is 4. The topological polar surface area (TPSA) is 21.3 Å². The van der Waals surface area contributed by atoms with Gasteiger partial charge < -0.3 is 13.9 Å². The number of rotatable bonds is 7. The second-order valence-corrected chi connectivity index (χ2v) is 18.1. The van der Waals surface area contributed by atoms with Crippen LogP contribution >= 0.6 is 0 Å². The predicted octanol–water partition coefficient (Wildman–Crippen LogP) is 17.5. The Bertz CT molecular complexity index is 3830. The molecule has 0 spiro atoms. The minimum Gasteiger partial charge on any atom is -0.454 e. The molecule has 0 saturated heterocycles. The Morgan fingerprint density at radius 1 is 0.379 bits per heavy atom. The zero-order chi connectivity index (χ0) is 43.9. The fourth-order valence-corrected chi connectivity index (χ4v) is 10.8. The molecule has 0 saturated carbocycles. The summed E-state index contributed by atoms with van der Waals surface area (Å²) < 4.78 is 9.13. The van der Waals surface area contributed by atoms with E-state index in [9.17, 15) is 0 Å². The molecule has 10 aromatic carbocycles.